The third-order valence-electron chi connectivity index (χ3n) is 3.13. The summed E-state index contributed by atoms with van der Waals surface area (Å²) < 4.78 is 28.1. The van der Waals surface area contributed by atoms with Crippen LogP contribution >= 0.6 is 11.3 Å². The average molecular weight is 333 g/mol. The maximum absolute atomic E-state index is 11.8. The Bertz CT molecular complexity index is 665. The van der Waals surface area contributed by atoms with Crippen molar-refractivity contribution in [1.29, 1.82) is 0 Å². The van der Waals surface area contributed by atoms with E-state index in [0.717, 1.165) is 11.3 Å². The Balaban J connectivity index is 1.91. The van der Waals surface area contributed by atoms with E-state index in [-0.39, 0.29) is 28.7 Å². The molecule has 1 unspecified atom stereocenters. The highest BCUT2D eigenvalue weighted by atomic mass is 32.2. The minimum absolute atomic E-state index is 0.0254. The standard InChI is InChI=1S/C12H15NO6S2/c1-12(3-5-21(17,18)7-12)13-9(14)6-19-8-2-4-20-10(8)11(15)16/h2,4H,3,5-7H2,1H3,(H,13,14)(H,15,16). The molecule has 1 aliphatic rings. The smallest absolute Gasteiger partial charge is 0.349 e. The first-order chi connectivity index (χ1) is 9.71. The summed E-state index contributed by atoms with van der Waals surface area (Å²) in [5, 5.41) is 13.1. The largest absolute Gasteiger partial charge is 0.482 e. The second-order valence-corrected chi connectivity index (χ2v) is 8.26. The van der Waals surface area contributed by atoms with E-state index < -0.39 is 27.3 Å². The molecule has 9 heteroatoms. The van der Waals surface area contributed by atoms with Crippen LogP contribution < -0.4 is 10.1 Å². The van der Waals surface area contributed by atoms with Crippen molar-refractivity contribution in [3.05, 3.63) is 16.3 Å². The van der Waals surface area contributed by atoms with Crippen molar-refractivity contribution in [2.24, 2.45) is 0 Å². The van der Waals surface area contributed by atoms with Crippen LogP contribution in [0.5, 0.6) is 5.75 Å². The van der Waals surface area contributed by atoms with Gasteiger partial charge in [0.25, 0.3) is 5.91 Å². The fraction of sp³-hybridized carbons (Fsp3) is 0.500. The van der Waals surface area contributed by atoms with E-state index in [2.05, 4.69) is 5.32 Å². The molecule has 116 valence electrons. The summed E-state index contributed by atoms with van der Waals surface area (Å²) >= 11 is 1.01. The summed E-state index contributed by atoms with van der Waals surface area (Å²) in [7, 11) is -3.11. The van der Waals surface area contributed by atoms with Gasteiger partial charge in [0.1, 0.15) is 5.75 Å². The number of ether oxygens (including phenoxy) is 1. The SMILES string of the molecule is CC1(NC(=O)COc2ccsc2C(=O)O)CCS(=O)(=O)C1. The molecule has 1 aromatic heterocycles. The van der Waals surface area contributed by atoms with Gasteiger partial charge in [0.2, 0.25) is 0 Å². The molecule has 0 bridgehead atoms. The van der Waals surface area contributed by atoms with Gasteiger partial charge >= 0.3 is 5.97 Å². The van der Waals surface area contributed by atoms with Crippen molar-refractivity contribution in [2.75, 3.05) is 18.1 Å². The number of sulfone groups is 1. The van der Waals surface area contributed by atoms with Crippen LogP contribution in [0.2, 0.25) is 0 Å². The molecule has 0 spiro atoms. The second kappa shape index (κ2) is 5.64. The van der Waals surface area contributed by atoms with Crippen molar-refractivity contribution in [3.63, 3.8) is 0 Å². The lowest BCUT2D eigenvalue weighted by Gasteiger charge is -2.23. The fourth-order valence-electron chi connectivity index (χ4n) is 2.19. The molecule has 0 radical (unpaired) electrons. The van der Waals surface area contributed by atoms with Crippen molar-refractivity contribution < 1.29 is 27.9 Å². The zero-order chi connectivity index (χ0) is 15.7. The highest BCUT2D eigenvalue weighted by Gasteiger charge is 2.39. The number of amides is 1. The van der Waals surface area contributed by atoms with Gasteiger partial charge in [-0.2, -0.15) is 0 Å². The van der Waals surface area contributed by atoms with Crippen molar-refractivity contribution in [2.45, 2.75) is 18.9 Å². The van der Waals surface area contributed by atoms with E-state index in [4.69, 9.17) is 9.84 Å². The maximum atomic E-state index is 11.8. The molecular formula is C12H15NO6S2. The molecule has 7 nitrogen and oxygen atoms in total. The summed E-state index contributed by atoms with van der Waals surface area (Å²) in [6.07, 6.45) is 0.361. The van der Waals surface area contributed by atoms with Crippen LogP contribution in [-0.2, 0) is 14.6 Å². The minimum atomic E-state index is -3.11. The highest BCUT2D eigenvalue weighted by molar-refractivity contribution is 7.91. The molecule has 1 saturated heterocycles. The molecule has 0 aromatic carbocycles. The molecule has 1 amide bonds. The summed E-state index contributed by atoms with van der Waals surface area (Å²) in [6, 6.07) is 1.48. The highest BCUT2D eigenvalue weighted by Crippen LogP contribution is 2.25. The molecule has 0 saturated carbocycles. The molecule has 2 N–H and O–H groups in total. The van der Waals surface area contributed by atoms with Crippen LogP contribution in [0.4, 0.5) is 0 Å². The first kappa shape index (κ1) is 15.8. The third-order valence-corrected chi connectivity index (χ3v) is 5.91. The van der Waals surface area contributed by atoms with Crippen LogP contribution in [0.15, 0.2) is 11.4 Å². The molecule has 1 aliphatic heterocycles. The van der Waals surface area contributed by atoms with Crippen LogP contribution in [0, 0.1) is 0 Å². The van der Waals surface area contributed by atoms with Gasteiger partial charge in [-0.05, 0) is 24.8 Å². The topological polar surface area (TPSA) is 110 Å². The zero-order valence-corrected chi connectivity index (χ0v) is 12.9. The van der Waals surface area contributed by atoms with Crippen LogP contribution in [0.3, 0.4) is 0 Å². The van der Waals surface area contributed by atoms with Gasteiger partial charge in [0.05, 0.1) is 17.0 Å². The number of carbonyl (C=O) groups excluding carboxylic acids is 1. The maximum Gasteiger partial charge on any atom is 0.349 e. The van der Waals surface area contributed by atoms with Crippen molar-refractivity contribution >= 4 is 33.1 Å². The number of carboxylic acids is 1. The van der Waals surface area contributed by atoms with E-state index in [1.54, 1.807) is 12.3 Å². The van der Waals surface area contributed by atoms with E-state index >= 15 is 0 Å². The van der Waals surface area contributed by atoms with Crippen LogP contribution in [0.1, 0.15) is 23.0 Å². The Hall–Kier alpha value is -1.61. The molecule has 1 fully saturated rings. The van der Waals surface area contributed by atoms with Gasteiger partial charge in [0.15, 0.2) is 21.3 Å². The zero-order valence-electron chi connectivity index (χ0n) is 11.3. The molecular weight excluding hydrogens is 318 g/mol. The predicted molar refractivity (Wildman–Crippen MR) is 76.6 cm³/mol. The predicted octanol–water partition coefficient (Wildman–Crippen LogP) is 0.518. The molecule has 21 heavy (non-hydrogen) atoms. The lowest BCUT2D eigenvalue weighted by atomic mass is 10.0. The Morgan fingerprint density at radius 2 is 2.24 bits per heavy atom. The number of nitrogens with one attached hydrogen (secondary N) is 1. The van der Waals surface area contributed by atoms with Crippen molar-refractivity contribution in [1.82, 2.24) is 5.32 Å². The van der Waals surface area contributed by atoms with E-state index in [1.165, 1.54) is 6.07 Å². The first-order valence-electron chi connectivity index (χ1n) is 6.16. The minimum Gasteiger partial charge on any atom is -0.482 e. The quantitative estimate of drug-likeness (QED) is 0.813. The molecule has 0 aliphatic carbocycles. The van der Waals surface area contributed by atoms with Gasteiger partial charge in [0, 0.05) is 0 Å². The van der Waals surface area contributed by atoms with Gasteiger partial charge in [-0.25, -0.2) is 13.2 Å². The first-order valence-corrected chi connectivity index (χ1v) is 8.86. The number of thiophene rings is 1. The van der Waals surface area contributed by atoms with Crippen LogP contribution in [-0.4, -0.2) is 49.1 Å². The Labute approximate surface area is 125 Å². The lowest BCUT2D eigenvalue weighted by molar-refractivity contribution is -0.124. The van der Waals surface area contributed by atoms with E-state index in [1.807, 2.05) is 0 Å². The van der Waals surface area contributed by atoms with E-state index in [9.17, 15) is 18.0 Å². The van der Waals surface area contributed by atoms with Crippen molar-refractivity contribution in [3.8, 4) is 5.75 Å². The normalized spacial score (nSPS) is 23.7. The molecule has 1 atom stereocenters. The van der Waals surface area contributed by atoms with Gasteiger partial charge < -0.3 is 15.2 Å². The summed E-state index contributed by atoms with van der Waals surface area (Å²) in [6.45, 7) is 1.31. The Kier molecular flexibility index (Phi) is 4.24. The number of rotatable bonds is 5. The average Bonchev–Trinajstić information content (AvgIpc) is 2.91. The third kappa shape index (κ3) is 3.94. The number of carbonyl (C=O) groups is 2. The van der Waals surface area contributed by atoms with Gasteiger partial charge in [-0.1, -0.05) is 0 Å². The fourth-order valence-corrected chi connectivity index (χ4v) is 4.96. The Morgan fingerprint density at radius 3 is 2.81 bits per heavy atom. The number of hydrogen-bond acceptors (Lipinski definition) is 6. The number of carboxylic acid groups (broad SMARTS) is 1. The van der Waals surface area contributed by atoms with Gasteiger partial charge in [-0.15, -0.1) is 11.3 Å². The monoisotopic (exact) mass is 333 g/mol. The second-order valence-electron chi connectivity index (χ2n) is 5.16. The van der Waals surface area contributed by atoms with Crippen LogP contribution in [0.25, 0.3) is 0 Å². The molecule has 2 rings (SSSR count). The summed E-state index contributed by atoms with van der Waals surface area (Å²) in [4.78, 5) is 22.7. The Morgan fingerprint density at radius 1 is 1.52 bits per heavy atom. The number of aromatic carboxylic acids is 1. The summed E-state index contributed by atoms with van der Waals surface area (Å²) in [5.41, 5.74) is -0.788. The van der Waals surface area contributed by atoms with E-state index in [0.29, 0.717) is 6.42 Å². The summed E-state index contributed by atoms with van der Waals surface area (Å²) in [5.74, 6) is -1.50. The van der Waals surface area contributed by atoms with Gasteiger partial charge in [-0.3, -0.25) is 4.79 Å². The molecule has 2 heterocycles. The molecule has 1 aromatic rings. The number of hydrogen-bond donors (Lipinski definition) is 2. The lowest BCUT2D eigenvalue weighted by Crippen LogP contribution is -2.48.